The Morgan fingerprint density at radius 2 is 2.05 bits per heavy atom. The molecule has 0 bridgehead atoms. The summed E-state index contributed by atoms with van der Waals surface area (Å²) in [5.41, 5.74) is 0. The number of amides is 2. The van der Waals surface area contributed by atoms with Crippen molar-refractivity contribution in [3.05, 3.63) is 0 Å². The molecule has 0 aromatic rings. The maximum Gasteiger partial charge on any atom is 0.245 e. The third-order valence-electron chi connectivity index (χ3n) is 4.34. The van der Waals surface area contributed by atoms with E-state index in [1.54, 1.807) is 4.90 Å². The van der Waals surface area contributed by atoms with Gasteiger partial charge in [-0.15, -0.1) is 12.4 Å². The number of carbonyl (C=O) groups is 2. The van der Waals surface area contributed by atoms with Crippen LogP contribution in [0.1, 0.15) is 33.1 Å². The van der Waals surface area contributed by atoms with E-state index in [4.69, 9.17) is 4.74 Å². The molecule has 2 fully saturated rings. The van der Waals surface area contributed by atoms with Gasteiger partial charge >= 0.3 is 0 Å². The minimum Gasteiger partial charge on any atom is -0.378 e. The number of piperidine rings is 1. The number of hydrogen-bond acceptors (Lipinski definition) is 4. The van der Waals surface area contributed by atoms with Gasteiger partial charge in [0.2, 0.25) is 11.8 Å². The average Bonchev–Trinajstić information content (AvgIpc) is 2.52. The summed E-state index contributed by atoms with van der Waals surface area (Å²) in [7, 11) is 0. The molecule has 0 aliphatic carbocycles. The number of hydrogen-bond donors (Lipinski definition) is 2. The number of ether oxygens (including phenoxy) is 1. The van der Waals surface area contributed by atoms with E-state index < -0.39 is 6.04 Å². The molecule has 6 nitrogen and oxygen atoms in total. The summed E-state index contributed by atoms with van der Waals surface area (Å²) in [4.78, 5) is 26.6. The van der Waals surface area contributed by atoms with Crippen LogP contribution in [0.5, 0.6) is 0 Å². The van der Waals surface area contributed by atoms with Gasteiger partial charge in [0.25, 0.3) is 0 Å². The van der Waals surface area contributed by atoms with Gasteiger partial charge in [0, 0.05) is 25.0 Å². The lowest BCUT2D eigenvalue weighted by molar-refractivity contribution is -0.141. The minimum absolute atomic E-state index is 0. The van der Waals surface area contributed by atoms with Gasteiger partial charge in [-0.1, -0.05) is 6.92 Å². The van der Waals surface area contributed by atoms with Gasteiger partial charge in [-0.05, 0) is 32.7 Å². The Hall–Kier alpha value is -0.850. The molecule has 0 aromatic heterocycles. The quantitative estimate of drug-likeness (QED) is 0.788. The highest BCUT2D eigenvalue weighted by molar-refractivity contribution is 5.88. The van der Waals surface area contributed by atoms with E-state index >= 15 is 0 Å². The van der Waals surface area contributed by atoms with Gasteiger partial charge in [0.05, 0.1) is 13.2 Å². The summed E-state index contributed by atoms with van der Waals surface area (Å²) in [6, 6.07) is -0.0367. The molecule has 2 aliphatic rings. The van der Waals surface area contributed by atoms with Crippen LogP contribution in [0.4, 0.5) is 0 Å². The molecule has 0 aromatic carbocycles. The average molecular weight is 334 g/mol. The van der Waals surface area contributed by atoms with Gasteiger partial charge in [-0.2, -0.15) is 0 Å². The predicted molar refractivity (Wildman–Crippen MR) is 87.1 cm³/mol. The lowest BCUT2D eigenvalue weighted by Crippen LogP contribution is -2.53. The van der Waals surface area contributed by atoms with E-state index in [2.05, 4.69) is 17.6 Å². The van der Waals surface area contributed by atoms with Crippen LogP contribution >= 0.6 is 12.4 Å². The topological polar surface area (TPSA) is 70.7 Å². The molecule has 2 rings (SSSR count). The van der Waals surface area contributed by atoms with Crippen molar-refractivity contribution >= 4 is 24.2 Å². The maximum atomic E-state index is 12.5. The van der Waals surface area contributed by atoms with Gasteiger partial charge in [-0.3, -0.25) is 9.59 Å². The Balaban J connectivity index is 0.00000242. The SMILES string of the molecule is CCC(NC(=O)[C@H]1CCN[C@@H](C)C1)C(=O)N1CCOCC1.Cl. The van der Waals surface area contributed by atoms with Crippen molar-refractivity contribution in [2.24, 2.45) is 5.92 Å². The first-order valence-electron chi connectivity index (χ1n) is 8.02. The van der Waals surface area contributed by atoms with Gasteiger partial charge in [0.1, 0.15) is 6.04 Å². The highest BCUT2D eigenvalue weighted by Crippen LogP contribution is 2.16. The summed E-state index contributed by atoms with van der Waals surface area (Å²) in [6.07, 6.45) is 2.31. The van der Waals surface area contributed by atoms with Crippen molar-refractivity contribution in [1.29, 1.82) is 0 Å². The van der Waals surface area contributed by atoms with Crippen LogP contribution in [0.25, 0.3) is 0 Å². The fourth-order valence-corrected chi connectivity index (χ4v) is 3.00. The van der Waals surface area contributed by atoms with E-state index in [1.807, 2.05) is 6.92 Å². The number of nitrogens with one attached hydrogen (secondary N) is 2. The molecule has 0 spiro atoms. The normalized spacial score (nSPS) is 26.7. The highest BCUT2D eigenvalue weighted by atomic mass is 35.5. The lowest BCUT2D eigenvalue weighted by atomic mass is 9.92. The summed E-state index contributed by atoms with van der Waals surface area (Å²) in [5, 5.41) is 6.29. The lowest BCUT2D eigenvalue weighted by Gasteiger charge is -2.32. The Morgan fingerprint density at radius 1 is 1.36 bits per heavy atom. The van der Waals surface area contributed by atoms with Crippen LogP contribution in [-0.2, 0) is 14.3 Å². The molecule has 2 heterocycles. The number of halogens is 1. The molecule has 0 radical (unpaired) electrons. The molecule has 2 amide bonds. The monoisotopic (exact) mass is 333 g/mol. The Kier molecular flexibility index (Phi) is 8.14. The van der Waals surface area contributed by atoms with Crippen molar-refractivity contribution in [2.45, 2.75) is 45.2 Å². The standard InChI is InChI=1S/C15H27N3O3.ClH/c1-3-13(15(20)18-6-8-21-9-7-18)17-14(19)12-4-5-16-11(2)10-12;/h11-13,16H,3-10H2,1-2H3,(H,17,19);1H/t11-,12-,13?;/m0./s1. The molecule has 2 N–H and O–H groups in total. The van der Waals surface area contributed by atoms with Crippen LogP contribution in [0.3, 0.4) is 0 Å². The van der Waals surface area contributed by atoms with Crippen molar-refractivity contribution in [2.75, 3.05) is 32.8 Å². The van der Waals surface area contributed by atoms with Crippen molar-refractivity contribution in [3.63, 3.8) is 0 Å². The van der Waals surface area contributed by atoms with Crippen molar-refractivity contribution < 1.29 is 14.3 Å². The van der Waals surface area contributed by atoms with E-state index in [9.17, 15) is 9.59 Å². The largest absolute Gasteiger partial charge is 0.378 e. The van der Waals surface area contributed by atoms with E-state index in [0.29, 0.717) is 38.8 Å². The molecule has 2 aliphatic heterocycles. The zero-order chi connectivity index (χ0) is 15.2. The molecular formula is C15H28ClN3O3. The maximum absolute atomic E-state index is 12.5. The second-order valence-corrected chi connectivity index (χ2v) is 5.98. The third-order valence-corrected chi connectivity index (χ3v) is 4.34. The number of carbonyl (C=O) groups excluding carboxylic acids is 2. The van der Waals surface area contributed by atoms with Crippen molar-refractivity contribution in [1.82, 2.24) is 15.5 Å². The Labute approximate surface area is 138 Å². The zero-order valence-corrected chi connectivity index (χ0v) is 14.3. The van der Waals surface area contributed by atoms with Crippen molar-refractivity contribution in [3.8, 4) is 0 Å². The first-order valence-corrected chi connectivity index (χ1v) is 8.02. The van der Waals surface area contributed by atoms with E-state index in [0.717, 1.165) is 19.4 Å². The summed E-state index contributed by atoms with van der Waals surface area (Å²) in [6.45, 7) is 7.31. The summed E-state index contributed by atoms with van der Waals surface area (Å²) in [5.74, 6) is 0.0701. The van der Waals surface area contributed by atoms with Crippen LogP contribution in [0, 0.1) is 5.92 Å². The van der Waals surface area contributed by atoms with Crippen LogP contribution < -0.4 is 10.6 Å². The fourth-order valence-electron chi connectivity index (χ4n) is 3.00. The first-order chi connectivity index (χ1) is 10.1. The molecule has 128 valence electrons. The van der Waals surface area contributed by atoms with E-state index in [1.165, 1.54) is 0 Å². The zero-order valence-electron chi connectivity index (χ0n) is 13.5. The highest BCUT2D eigenvalue weighted by Gasteiger charge is 2.30. The van der Waals surface area contributed by atoms with E-state index in [-0.39, 0.29) is 30.1 Å². The van der Waals surface area contributed by atoms with Gasteiger partial charge in [-0.25, -0.2) is 0 Å². The Bertz CT molecular complexity index is 375. The summed E-state index contributed by atoms with van der Waals surface area (Å²) >= 11 is 0. The third kappa shape index (κ3) is 5.11. The summed E-state index contributed by atoms with van der Waals surface area (Å²) < 4.78 is 5.26. The first kappa shape index (κ1) is 19.2. The predicted octanol–water partition coefficient (Wildman–Crippen LogP) is 0.550. The number of nitrogens with zero attached hydrogens (tertiary/aromatic N) is 1. The van der Waals surface area contributed by atoms with Crippen LogP contribution in [-0.4, -0.2) is 61.6 Å². The minimum atomic E-state index is -0.402. The van der Waals surface area contributed by atoms with Crippen LogP contribution in [0.2, 0.25) is 0 Å². The molecule has 0 saturated carbocycles. The molecule has 3 atom stereocenters. The van der Waals surface area contributed by atoms with Crippen LogP contribution in [0.15, 0.2) is 0 Å². The molecule has 1 unspecified atom stereocenters. The molecule has 22 heavy (non-hydrogen) atoms. The number of rotatable bonds is 4. The molecular weight excluding hydrogens is 306 g/mol. The second-order valence-electron chi connectivity index (χ2n) is 5.98. The van der Waals surface area contributed by atoms with Gasteiger partial charge in [0.15, 0.2) is 0 Å². The second kappa shape index (κ2) is 9.33. The number of morpholine rings is 1. The Morgan fingerprint density at radius 3 is 2.64 bits per heavy atom. The fraction of sp³-hybridized carbons (Fsp3) is 0.867. The van der Waals surface area contributed by atoms with Gasteiger partial charge < -0.3 is 20.3 Å². The molecule has 7 heteroatoms. The molecule has 2 saturated heterocycles. The smallest absolute Gasteiger partial charge is 0.245 e.